The SMILES string of the molecule is O=C1COc2cc(C(=O)NCC3(c4ccccc4)CCCC3)ccc2N1. The molecule has 2 aromatic rings. The summed E-state index contributed by atoms with van der Waals surface area (Å²) in [5.74, 6) is 0.243. The number of fused-ring (bicyclic) bond motifs is 1. The molecule has 0 aromatic heterocycles. The summed E-state index contributed by atoms with van der Waals surface area (Å²) < 4.78 is 5.40. The molecule has 4 rings (SSSR count). The highest BCUT2D eigenvalue weighted by Gasteiger charge is 2.35. The average Bonchev–Trinajstić information content (AvgIpc) is 3.16. The summed E-state index contributed by atoms with van der Waals surface area (Å²) in [7, 11) is 0. The third kappa shape index (κ3) is 3.17. The van der Waals surface area contributed by atoms with Gasteiger partial charge in [0.05, 0.1) is 5.69 Å². The van der Waals surface area contributed by atoms with Crippen molar-refractivity contribution in [3.8, 4) is 5.75 Å². The van der Waals surface area contributed by atoms with Crippen molar-refractivity contribution in [2.24, 2.45) is 0 Å². The Morgan fingerprint density at radius 3 is 2.65 bits per heavy atom. The Balaban J connectivity index is 1.49. The van der Waals surface area contributed by atoms with Gasteiger partial charge in [0.15, 0.2) is 6.61 Å². The molecule has 1 heterocycles. The number of ether oxygens (including phenoxy) is 1. The van der Waals surface area contributed by atoms with E-state index >= 15 is 0 Å². The second-order valence-corrected chi connectivity index (χ2v) is 7.08. The minimum absolute atomic E-state index is 0.0187. The fourth-order valence-electron chi connectivity index (χ4n) is 3.98. The first-order chi connectivity index (χ1) is 12.7. The number of carbonyl (C=O) groups is 2. The molecule has 1 aliphatic carbocycles. The van der Waals surface area contributed by atoms with Crippen molar-refractivity contribution in [2.75, 3.05) is 18.5 Å². The zero-order chi connectivity index (χ0) is 18.0. The number of hydrogen-bond acceptors (Lipinski definition) is 3. The Morgan fingerprint density at radius 2 is 1.88 bits per heavy atom. The van der Waals surface area contributed by atoms with Gasteiger partial charge in [-0.05, 0) is 36.6 Å². The van der Waals surface area contributed by atoms with Crippen LogP contribution < -0.4 is 15.4 Å². The molecule has 0 radical (unpaired) electrons. The molecule has 5 heteroatoms. The van der Waals surface area contributed by atoms with E-state index in [1.807, 2.05) is 6.07 Å². The van der Waals surface area contributed by atoms with E-state index in [1.165, 1.54) is 18.4 Å². The molecule has 1 fully saturated rings. The van der Waals surface area contributed by atoms with Crippen LogP contribution in [0.5, 0.6) is 5.75 Å². The lowest BCUT2D eigenvalue weighted by molar-refractivity contribution is -0.118. The van der Waals surface area contributed by atoms with Gasteiger partial charge < -0.3 is 15.4 Å². The summed E-state index contributed by atoms with van der Waals surface area (Å²) in [4.78, 5) is 24.0. The van der Waals surface area contributed by atoms with Gasteiger partial charge in [0, 0.05) is 17.5 Å². The lowest BCUT2D eigenvalue weighted by Gasteiger charge is -2.30. The van der Waals surface area contributed by atoms with Gasteiger partial charge in [-0.3, -0.25) is 9.59 Å². The fraction of sp³-hybridized carbons (Fsp3) is 0.333. The van der Waals surface area contributed by atoms with Gasteiger partial charge in [-0.15, -0.1) is 0 Å². The van der Waals surface area contributed by atoms with Gasteiger partial charge in [0.1, 0.15) is 5.75 Å². The molecular formula is C21H22N2O3. The molecule has 0 spiro atoms. The van der Waals surface area contributed by atoms with Gasteiger partial charge in [-0.2, -0.15) is 0 Å². The van der Waals surface area contributed by atoms with Crippen LogP contribution in [-0.4, -0.2) is 25.0 Å². The molecule has 1 saturated carbocycles. The van der Waals surface area contributed by atoms with Gasteiger partial charge >= 0.3 is 0 Å². The fourth-order valence-corrected chi connectivity index (χ4v) is 3.98. The molecule has 0 bridgehead atoms. The van der Waals surface area contributed by atoms with Gasteiger partial charge in [0.25, 0.3) is 11.8 Å². The number of amides is 2. The molecular weight excluding hydrogens is 328 g/mol. The van der Waals surface area contributed by atoms with Gasteiger partial charge in [0.2, 0.25) is 0 Å². The maximum atomic E-state index is 12.7. The molecule has 2 aliphatic rings. The molecule has 0 unspecified atom stereocenters. The number of rotatable bonds is 4. The van der Waals surface area contributed by atoms with Gasteiger partial charge in [-0.1, -0.05) is 43.2 Å². The smallest absolute Gasteiger partial charge is 0.262 e. The van der Waals surface area contributed by atoms with Gasteiger partial charge in [-0.25, -0.2) is 0 Å². The molecule has 134 valence electrons. The Kier molecular flexibility index (Phi) is 4.37. The van der Waals surface area contributed by atoms with Crippen molar-refractivity contribution < 1.29 is 14.3 Å². The zero-order valence-electron chi connectivity index (χ0n) is 14.6. The Labute approximate surface area is 152 Å². The van der Waals surface area contributed by atoms with Crippen LogP contribution in [0.2, 0.25) is 0 Å². The second kappa shape index (κ2) is 6.83. The second-order valence-electron chi connectivity index (χ2n) is 7.08. The number of hydrogen-bond donors (Lipinski definition) is 2. The minimum atomic E-state index is -0.180. The van der Waals surface area contributed by atoms with Crippen LogP contribution in [0.3, 0.4) is 0 Å². The summed E-state index contributed by atoms with van der Waals surface area (Å²) in [5.41, 5.74) is 2.47. The van der Waals surface area contributed by atoms with Crippen molar-refractivity contribution in [1.29, 1.82) is 0 Å². The van der Waals surface area contributed by atoms with Crippen LogP contribution >= 0.6 is 0 Å². The molecule has 1 aliphatic heterocycles. The highest BCUT2D eigenvalue weighted by atomic mass is 16.5. The van der Waals surface area contributed by atoms with E-state index in [2.05, 4.69) is 34.9 Å². The molecule has 2 amide bonds. The quantitative estimate of drug-likeness (QED) is 0.889. The number of nitrogens with one attached hydrogen (secondary N) is 2. The van der Waals surface area contributed by atoms with Crippen LogP contribution in [0.25, 0.3) is 0 Å². The van der Waals surface area contributed by atoms with E-state index in [0.717, 1.165) is 12.8 Å². The maximum Gasteiger partial charge on any atom is 0.262 e. The standard InChI is InChI=1S/C21H22N2O3/c24-19-13-26-18-12-15(8-9-17(18)23-19)20(25)22-14-21(10-4-5-11-21)16-6-2-1-3-7-16/h1-3,6-9,12H,4-5,10-11,13-14H2,(H,22,25)(H,23,24). The van der Waals surface area contributed by atoms with E-state index in [-0.39, 0.29) is 23.8 Å². The summed E-state index contributed by atoms with van der Waals surface area (Å²) in [6.07, 6.45) is 4.57. The normalized spacial score (nSPS) is 17.8. The first-order valence-corrected chi connectivity index (χ1v) is 9.07. The Bertz CT molecular complexity index is 826. The van der Waals surface area contributed by atoms with E-state index in [0.29, 0.717) is 23.5 Å². The zero-order valence-corrected chi connectivity index (χ0v) is 14.6. The van der Waals surface area contributed by atoms with E-state index < -0.39 is 0 Å². The summed E-state index contributed by atoms with van der Waals surface area (Å²) in [6.45, 7) is 0.611. The van der Waals surface area contributed by atoms with Crippen LogP contribution in [-0.2, 0) is 10.2 Å². The minimum Gasteiger partial charge on any atom is -0.482 e. The average molecular weight is 350 g/mol. The highest BCUT2D eigenvalue weighted by Crippen LogP contribution is 2.40. The maximum absolute atomic E-state index is 12.7. The largest absolute Gasteiger partial charge is 0.482 e. The van der Waals surface area contributed by atoms with E-state index in [4.69, 9.17) is 4.74 Å². The third-order valence-electron chi connectivity index (χ3n) is 5.41. The topological polar surface area (TPSA) is 67.4 Å². The Morgan fingerprint density at radius 1 is 1.12 bits per heavy atom. The number of benzene rings is 2. The number of anilines is 1. The van der Waals surface area contributed by atoms with Crippen molar-refractivity contribution in [2.45, 2.75) is 31.1 Å². The molecule has 0 saturated heterocycles. The first kappa shape index (κ1) is 16.6. The molecule has 5 nitrogen and oxygen atoms in total. The summed E-state index contributed by atoms with van der Waals surface area (Å²) in [6, 6.07) is 15.6. The van der Waals surface area contributed by atoms with E-state index in [1.54, 1.807) is 18.2 Å². The van der Waals surface area contributed by atoms with Crippen molar-refractivity contribution in [3.63, 3.8) is 0 Å². The molecule has 2 N–H and O–H groups in total. The third-order valence-corrected chi connectivity index (χ3v) is 5.41. The Hall–Kier alpha value is -2.82. The predicted molar refractivity (Wildman–Crippen MR) is 99.5 cm³/mol. The van der Waals surface area contributed by atoms with E-state index in [9.17, 15) is 9.59 Å². The monoisotopic (exact) mass is 350 g/mol. The predicted octanol–water partition coefficient (Wildman–Crippen LogP) is 3.26. The summed E-state index contributed by atoms with van der Waals surface area (Å²) >= 11 is 0. The first-order valence-electron chi connectivity index (χ1n) is 9.07. The molecule has 26 heavy (non-hydrogen) atoms. The van der Waals surface area contributed by atoms with Crippen LogP contribution in [0, 0.1) is 0 Å². The van der Waals surface area contributed by atoms with Crippen LogP contribution in [0.1, 0.15) is 41.6 Å². The van der Waals surface area contributed by atoms with Crippen molar-refractivity contribution in [3.05, 3.63) is 59.7 Å². The van der Waals surface area contributed by atoms with Crippen LogP contribution in [0.15, 0.2) is 48.5 Å². The lowest BCUT2D eigenvalue weighted by atomic mass is 9.79. The van der Waals surface area contributed by atoms with Crippen LogP contribution in [0.4, 0.5) is 5.69 Å². The molecule has 2 aromatic carbocycles. The van der Waals surface area contributed by atoms with Crippen molar-refractivity contribution in [1.82, 2.24) is 5.32 Å². The molecule has 0 atom stereocenters. The summed E-state index contributed by atoms with van der Waals surface area (Å²) in [5, 5.41) is 5.85. The lowest BCUT2D eigenvalue weighted by Crippen LogP contribution is -2.39. The highest BCUT2D eigenvalue weighted by molar-refractivity contribution is 5.99. The number of carbonyl (C=O) groups excluding carboxylic acids is 2. The van der Waals surface area contributed by atoms with Crippen molar-refractivity contribution >= 4 is 17.5 Å².